The van der Waals surface area contributed by atoms with E-state index in [1.807, 2.05) is 0 Å². The van der Waals surface area contributed by atoms with Crippen molar-refractivity contribution in [1.29, 1.82) is 0 Å². The number of carbonyl (C=O) groups is 3. The molecule has 0 aromatic heterocycles. The van der Waals surface area contributed by atoms with Gasteiger partial charge in [0.2, 0.25) is 0 Å². The molecule has 6 heteroatoms. The molecule has 0 rings (SSSR count). The first-order valence-electron chi connectivity index (χ1n) is 28.8. The predicted octanol–water partition coefficient (Wildman–Crippen LogP) is 19.2. The molecule has 0 saturated carbocycles. The fourth-order valence-corrected chi connectivity index (χ4v) is 8.24. The Labute approximate surface area is 415 Å². The van der Waals surface area contributed by atoms with Crippen molar-refractivity contribution in [2.75, 3.05) is 13.2 Å². The van der Waals surface area contributed by atoms with Crippen LogP contribution >= 0.6 is 0 Å². The van der Waals surface area contributed by atoms with Crippen LogP contribution in [0.25, 0.3) is 0 Å². The molecule has 0 radical (unpaired) electrons. The van der Waals surface area contributed by atoms with Gasteiger partial charge in [-0.15, -0.1) is 0 Å². The highest BCUT2D eigenvalue weighted by Crippen LogP contribution is 2.16. The highest BCUT2D eigenvalue weighted by molar-refractivity contribution is 5.71. The topological polar surface area (TPSA) is 78.9 Å². The molecule has 388 valence electrons. The Bertz CT molecular complexity index is 1210. The van der Waals surface area contributed by atoms with Gasteiger partial charge >= 0.3 is 17.9 Å². The summed E-state index contributed by atoms with van der Waals surface area (Å²) in [5.41, 5.74) is 0. The standard InChI is InChI=1S/C61H108O6/c1-4-7-10-13-15-17-19-21-23-25-27-28-29-30-31-32-34-35-37-39-41-43-45-48-51-54-60(63)66-57-58(56-65-59(62)53-50-47-12-9-6-3)67-61(64)55-52-49-46-44-42-40-38-36-33-26-24-22-20-18-16-14-11-8-5-2/h7,10,15,17,21,23,27-28,30-31,58H,4-6,8-9,11-14,16,18-20,22,24-26,29,32-57H2,1-3H3/b10-7-,17-15-,23-21-,28-27-,31-30-. The lowest BCUT2D eigenvalue weighted by molar-refractivity contribution is -0.167. The largest absolute Gasteiger partial charge is 0.462 e. The van der Waals surface area contributed by atoms with Crippen LogP contribution in [0, 0.1) is 0 Å². The molecule has 0 amide bonds. The summed E-state index contributed by atoms with van der Waals surface area (Å²) in [6, 6.07) is 0. The Balaban J connectivity index is 4.08. The number of esters is 3. The van der Waals surface area contributed by atoms with Gasteiger partial charge in [-0.3, -0.25) is 14.4 Å². The van der Waals surface area contributed by atoms with Crippen LogP contribution in [-0.4, -0.2) is 37.2 Å². The van der Waals surface area contributed by atoms with E-state index in [4.69, 9.17) is 14.2 Å². The van der Waals surface area contributed by atoms with Gasteiger partial charge in [0.05, 0.1) is 0 Å². The molecule has 0 fully saturated rings. The summed E-state index contributed by atoms with van der Waals surface area (Å²) < 4.78 is 16.7. The zero-order valence-corrected chi connectivity index (χ0v) is 44.4. The van der Waals surface area contributed by atoms with E-state index in [1.165, 1.54) is 148 Å². The summed E-state index contributed by atoms with van der Waals surface area (Å²) in [7, 11) is 0. The molecule has 0 N–H and O–H groups in total. The van der Waals surface area contributed by atoms with Crippen LogP contribution in [0.5, 0.6) is 0 Å². The summed E-state index contributed by atoms with van der Waals surface area (Å²) in [6.07, 6.45) is 69.7. The molecular formula is C61H108O6. The quantitative estimate of drug-likeness (QED) is 0.0262. The highest BCUT2D eigenvalue weighted by atomic mass is 16.6. The molecule has 0 spiro atoms. The number of allylic oxidation sites excluding steroid dienone is 10. The van der Waals surface area contributed by atoms with Crippen LogP contribution in [0.1, 0.15) is 290 Å². The minimum atomic E-state index is -0.770. The maximum absolute atomic E-state index is 12.8. The first-order chi connectivity index (χ1) is 33.0. The molecule has 0 aliphatic carbocycles. The average Bonchev–Trinajstić information content (AvgIpc) is 3.33. The van der Waals surface area contributed by atoms with Crippen LogP contribution < -0.4 is 0 Å². The average molecular weight is 938 g/mol. The van der Waals surface area contributed by atoms with Gasteiger partial charge in [-0.1, -0.05) is 268 Å². The smallest absolute Gasteiger partial charge is 0.306 e. The Morgan fingerprint density at radius 2 is 0.582 bits per heavy atom. The third-order valence-electron chi connectivity index (χ3n) is 12.5. The van der Waals surface area contributed by atoms with Gasteiger partial charge in [0.25, 0.3) is 0 Å². The van der Waals surface area contributed by atoms with Crippen molar-refractivity contribution in [2.24, 2.45) is 0 Å². The zero-order chi connectivity index (χ0) is 48.6. The van der Waals surface area contributed by atoms with E-state index in [2.05, 4.69) is 81.5 Å². The molecule has 0 aromatic rings. The number of unbranched alkanes of at least 4 members (excludes halogenated alkanes) is 31. The SMILES string of the molecule is CC/C=C\C/C=C\C/C=C\C/C=C\C/C=C\CCCCCCCCCCCC(=O)OCC(COC(=O)CCCCCCC)OC(=O)CCCCCCCCCCCCCCCCCCCCC. The van der Waals surface area contributed by atoms with E-state index in [9.17, 15) is 14.4 Å². The summed E-state index contributed by atoms with van der Waals surface area (Å²) in [5, 5.41) is 0. The molecule has 67 heavy (non-hydrogen) atoms. The lowest BCUT2D eigenvalue weighted by Crippen LogP contribution is -2.30. The molecule has 1 atom stereocenters. The number of hydrogen-bond donors (Lipinski definition) is 0. The zero-order valence-electron chi connectivity index (χ0n) is 44.4. The summed E-state index contributed by atoms with van der Waals surface area (Å²) in [5.74, 6) is -0.882. The number of ether oxygens (including phenoxy) is 3. The van der Waals surface area contributed by atoms with Crippen LogP contribution in [0.3, 0.4) is 0 Å². The Morgan fingerprint density at radius 3 is 0.910 bits per heavy atom. The number of rotatable bonds is 52. The van der Waals surface area contributed by atoms with Gasteiger partial charge in [0, 0.05) is 19.3 Å². The van der Waals surface area contributed by atoms with Gasteiger partial charge in [-0.2, -0.15) is 0 Å². The first kappa shape index (κ1) is 64.1. The molecule has 1 unspecified atom stereocenters. The van der Waals surface area contributed by atoms with E-state index in [0.717, 1.165) is 103 Å². The second-order valence-electron chi connectivity index (χ2n) is 19.2. The van der Waals surface area contributed by atoms with Gasteiger partial charge in [0.1, 0.15) is 13.2 Å². The van der Waals surface area contributed by atoms with Crippen molar-refractivity contribution in [3.05, 3.63) is 60.8 Å². The lowest BCUT2D eigenvalue weighted by Gasteiger charge is -2.18. The maximum atomic E-state index is 12.8. The normalized spacial score (nSPS) is 12.5. The van der Waals surface area contributed by atoms with Crippen LogP contribution in [0.2, 0.25) is 0 Å². The van der Waals surface area contributed by atoms with Crippen molar-refractivity contribution in [3.8, 4) is 0 Å². The highest BCUT2D eigenvalue weighted by Gasteiger charge is 2.19. The van der Waals surface area contributed by atoms with Crippen molar-refractivity contribution in [2.45, 2.75) is 297 Å². The minimum absolute atomic E-state index is 0.0740. The van der Waals surface area contributed by atoms with E-state index < -0.39 is 6.10 Å². The van der Waals surface area contributed by atoms with Crippen molar-refractivity contribution in [1.82, 2.24) is 0 Å². The first-order valence-corrected chi connectivity index (χ1v) is 28.8. The van der Waals surface area contributed by atoms with Gasteiger partial charge in [-0.25, -0.2) is 0 Å². The molecule has 0 aliphatic heterocycles. The third-order valence-corrected chi connectivity index (χ3v) is 12.5. The molecule has 0 saturated heterocycles. The third kappa shape index (κ3) is 53.9. The van der Waals surface area contributed by atoms with Crippen molar-refractivity contribution < 1.29 is 28.6 Å². The van der Waals surface area contributed by atoms with Crippen LogP contribution in [0.15, 0.2) is 60.8 Å². The van der Waals surface area contributed by atoms with Crippen LogP contribution in [0.4, 0.5) is 0 Å². The molecular weight excluding hydrogens is 829 g/mol. The summed E-state index contributed by atoms with van der Waals surface area (Å²) in [6.45, 7) is 6.47. The minimum Gasteiger partial charge on any atom is -0.462 e. The molecule has 6 nitrogen and oxygen atoms in total. The molecule has 0 heterocycles. The van der Waals surface area contributed by atoms with Crippen LogP contribution in [-0.2, 0) is 28.6 Å². The molecule has 0 aliphatic rings. The van der Waals surface area contributed by atoms with E-state index in [1.54, 1.807) is 0 Å². The predicted molar refractivity (Wildman–Crippen MR) is 288 cm³/mol. The lowest BCUT2D eigenvalue weighted by atomic mass is 10.0. The van der Waals surface area contributed by atoms with E-state index in [0.29, 0.717) is 19.3 Å². The van der Waals surface area contributed by atoms with E-state index >= 15 is 0 Å². The number of hydrogen-bond acceptors (Lipinski definition) is 6. The van der Waals surface area contributed by atoms with E-state index in [-0.39, 0.29) is 31.1 Å². The Kier molecular flexibility index (Phi) is 53.3. The second kappa shape index (κ2) is 55.7. The summed E-state index contributed by atoms with van der Waals surface area (Å²) >= 11 is 0. The van der Waals surface area contributed by atoms with Gasteiger partial charge in [-0.05, 0) is 64.2 Å². The Morgan fingerprint density at radius 1 is 0.313 bits per heavy atom. The monoisotopic (exact) mass is 937 g/mol. The fraction of sp³-hybridized carbons (Fsp3) is 0.787. The number of carbonyl (C=O) groups excluding carboxylic acids is 3. The van der Waals surface area contributed by atoms with Gasteiger partial charge in [0.15, 0.2) is 6.10 Å². The molecule has 0 bridgehead atoms. The second-order valence-corrected chi connectivity index (χ2v) is 19.2. The van der Waals surface area contributed by atoms with Gasteiger partial charge < -0.3 is 14.2 Å². The van der Waals surface area contributed by atoms with Crippen molar-refractivity contribution in [3.63, 3.8) is 0 Å². The van der Waals surface area contributed by atoms with Crippen molar-refractivity contribution >= 4 is 17.9 Å². The summed E-state index contributed by atoms with van der Waals surface area (Å²) in [4.78, 5) is 37.8. The molecule has 0 aromatic carbocycles. The Hall–Kier alpha value is -2.89. The maximum Gasteiger partial charge on any atom is 0.306 e. The fourth-order valence-electron chi connectivity index (χ4n) is 8.24.